The first kappa shape index (κ1) is 9.59. The van der Waals surface area contributed by atoms with Crippen LogP contribution in [0.5, 0.6) is 0 Å². The first-order valence-electron chi connectivity index (χ1n) is 2.08. The summed E-state index contributed by atoms with van der Waals surface area (Å²) >= 11 is 1.48. The van der Waals surface area contributed by atoms with Gasteiger partial charge in [-0.1, -0.05) is 0 Å². The van der Waals surface area contributed by atoms with Crippen molar-refractivity contribution >= 4 is 24.2 Å². The van der Waals surface area contributed by atoms with Crippen LogP contribution in [-0.4, -0.2) is 27.5 Å². The van der Waals surface area contributed by atoms with E-state index in [-0.39, 0.29) is 0 Å². The summed E-state index contributed by atoms with van der Waals surface area (Å²) in [6, 6.07) is 0. The van der Waals surface area contributed by atoms with Crippen LogP contribution in [0.15, 0.2) is 0 Å². The average Bonchev–Trinajstić information content (AvgIpc) is 1.63. The molecule has 0 aromatic rings. The monoisotopic (exact) mass is 221 g/mol. The maximum atomic E-state index is 10.4. The maximum absolute atomic E-state index is 10.4. The molecule has 0 bridgehead atoms. The van der Waals surface area contributed by atoms with Crippen molar-refractivity contribution in [3.8, 4) is 0 Å². The topological polar surface area (TPSA) is 81.8 Å². The van der Waals surface area contributed by atoms with Gasteiger partial charge in [-0.15, -0.1) is 0 Å². The van der Waals surface area contributed by atoms with Gasteiger partial charge in [-0.25, -0.2) is 0 Å². The molecule has 0 aliphatic rings. The van der Waals surface area contributed by atoms with Crippen molar-refractivity contribution in [2.45, 2.75) is 13.2 Å². The molecule has 0 heterocycles. The summed E-state index contributed by atoms with van der Waals surface area (Å²) in [5.41, 5.74) is 5.01. The van der Waals surface area contributed by atoms with Gasteiger partial charge in [0, 0.05) is 0 Å². The Morgan fingerprint density at radius 1 is 1.89 bits per heavy atom. The third kappa shape index (κ3) is 5.06. The standard InChI is InChI=1S/C2H8NO4PSe/c1-2(3)6-8(4,5)7-9/h2,9H,3H2,1H3,(H,4,5). The number of phosphoric acid groups is 1. The van der Waals surface area contributed by atoms with E-state index in [4.69, 9.17) is 10.6 Å². The molecule has 0 rings (SSSR count). The Hall–Kier alpha value is 0.589. The van der Waals surface area contributed by atoms with E-state index >= 15 is 0 Å². The third-order valence-corrected chi connectivity index (χ3v) is 2.51. The molecule has 0 saturated heterocycles. The summed E-state index contributed by atoms with van der Waals surface area (Å²) < 4.78 is 18.6. The van der Waals surface area contributed by atoms with Crippen LogP contribution in [0.1, 0.15) is 6.92 Å². The predicted molar refractivity (Wildman–Crippen MR) is 32.8 cm³/mol. The number of hydrogen-bond donors (Lipinski definition) is 2. The van der Waals surface area contributed by atoms with Crippen LogP contribution in [0.4, 0.5) is 0 Å². The van der Waals surface area contributed by atoms with Gasteiger partial charge in [-0.3, -0.25) is 0 Å². The normalized spacial score (nSPS) is 20.9. The second-order valence-corrected chi connectivity index (χ2v) is 3.70. The van der Waals surface area contributed by atoms with Crippen molar-refractivity contribution in [2.24, 2.45) is 5.73 Å². The summed E-state index contributed by atoms with van der Waals surface area (Å²) in [7, 11) is -3.88. The molecule has 0 aliphatic carbocycles. The minimum absolute atomic E-state index is 0.801. The molecule has 56 valence electrons. The van der Waals surface area contributed by atoms with E-state index in [1.54, 1.807) is 0 Å². The Labute approximate surface area is 61.3 Å². The minimum atomic E-state index is -3.88. The molecule has 0 aromatic carbocycles. The fourth-order valence-corrected chi connectivity index (χ4v) is 0.930. The molecule has 7 heteroatoms. The van der Waals surface area contributed by atoms with Gasteiger partial charge in [0.2, 0.25) is 0 Å². The quantitative estimate of drug-likeness (QED) is 0.371. The molecule has 3 N–H and O–H groups in total. The molecule has 0 amide bonds. The molecule has 0 fully saturated rings. The fraction of sp³-hybridized carbons (Fsp3) is 1.00. The zero-order valence-corrected chi connectivity index (χ0v) is 7.49. The van der Waals surface area contributed by atoms with Gasteiger partial charge < -0.3 is 0 Å². The molecular weight excluding hydrogens is 212 g/mol. The van der Waals surface area contributed by atoms with E-state index in [1.165, 1.54) is 23.3 Å². The fourth-order valence-electron chi connectivity index (χ4n) is 0.229. The van der Waals surface area contributed by atoms with Crippen LogP contribution < -0.4 is 5.73 Å². The van der Waals surface area contributed by atoms with Crippen LogP contribution in [0.25, 0.3) is 0 Å². The molecule has 2 unspecified atom stereocenters. The number of phosphoric ester groups is 1. The van der Waals surface area contributed by atoms with E-state index in [2.05, 4.69) is 8.13 Å². The van der Waals surface area contributed by atoms with E-state index in [0.717, 1.165) is 0 Å². The van der Waals surface area contributed by atoms with E-state index in [9.17, 15) is 4.57 Å². The van der Waals surface area contributed by atoms with Crippen LogP contribution in [-0.2, 0) is 12.7 Å². The molecule has 5 nitrogen and oxygen atoms in total. The Morgan fingerprint density at radius 3 is 2.44 bits per heavy atom. The van der Waals surface area contributed by atoms with Gasteiger partial charge in [0.15, 0.2) is 0 Å². The van der Waals surface area contributed by atoms with Gasteiger partial charge in [0.1, 0.15) is 0 Å². The second-order valence-electron chi connectivity index (χ2n) is 1.36. The summed E-state index contributed by atoms with van der Waals surface area (Å²) in [6.07, 6.45) is -0.801. The molecule has 0 saturated carbocycles. The molecule has 0 radical (unpaired) electrons. The molecule has 0 aliphatic heterocycles. The van der Waals surface area contributed by atoms with Gasteiger partial charge in [-0.2, -0.15) is 0 Å². The third-order valence-electron chi connectivity index (χ3n) is 0.403. The van der Waals surface area contributed by atoms with Crippen molar-refractivity contribution in [3.05, 3.63) is 0 Å². The van der Waals surface area contributed by atoms with Crippen molar-refractivity contribution in [2.75, 3.05) is 0 Å². The van der Waals surface area contributed by atoms with Crippen molar-refractivity contribution in [3.63, 3.8) is 0 Å². The summed E-state index contributed by atoms with van der Waals surface area (Å²) in [5, 5.41) is 0. The van der Waals surface area contributed by atoms with Crippen LogP contribution in [0.2, 0.25) is 0 Å². The zero-order valence-electron chi connectivity index (χ0n) is 4.72. The molecule has 2 atom stereocenters. The Morgan fingerprint density at radius 2 is 2.33 bits per heavy atom. The van der Waals surface area contributed by atoms with Crippen LogP contribution in [0, 0.1) is 0 Å². The number of hydrogen-bond acceptors (Lipinski definition) is 4. The van der Waals surface area contributed by atoms with Crippen molar-refractivity contribution in [1.82, 2.24) is 0 Å². The van der Waals surface area contributed by atoms with E-state index in [0.29, 0.717) is 0 Å². The van der Waals surface area contributed by atoms with Crippen molar-refractivity contribution < 1.29 is 17.6 Å². The summed E-state index contributed by atoms with van der Waals surface area (Å²) in [6.45, 7) is 1.43. The van der Waals surface area contributed by atoms with Crippen LogP contribution in [0.3, 0.4) is 0 Å². The molecule has 0 spiro atoms. The van der Waals surface area contributed by atoms with Gasteiger partial charge in [0.05, 0.1) is 0 Å². The Kier molecular flexibility index (Phi) is 3.92. The zero-order chi connectivity index (χ0) is 7.49. The van der Waals surface area contributed by atoms with E-state index in [1.807, 2.05) is 0 Å². The summed E-state index contributed by atoms with van der Waals surface area (Å²) in [5.74, 6) is 0. The first-order chi connectivity index (χ1) is 3.98. The molecule has 9 heavy (non-hydrogen) atoms. The first-order valence-corrected chi connectivity index (χ1v) is 4.34. The Bertz CT molecular complexity index is 128. The van der Waals surface area contributed by atoms with E-state index < -0.39 is 14.1 Å². The van der Waals surface area contributed by atoms with Gasteiger partial charge >= 0.3 is 60.6 Å². The van der Waals surface area contributed by atoms with Gasteiger partial charge in [-0.05, 0) is 0 Å². The number of rotatable bonds is 3. The molecule has 0 aromatic heterocycles. The summed E-state index contributed by atoms with van der Waals surface area (Å²) in [4.78, 5) is 8.51. The van der Waals surface area contributed by atoms with Crippen molar-refractivity contribution in [1.29, 1.82) is 0 Å². The average molecular weight is 220 g/mol. The number of nitrogens with two attached hydrogens (primary N) is 1. The Balaban J connectivity index is 3.73. The SMILES string of the molecule is CC(N)OP(=O)(O)O[SeH]. The molecular formula is C2H8NO4PSe. The second kappa shape index (κ2) is 3.68. The van der Waals surface area contributed by atoms with Gasteiger partial charge in [0.25, 0.3) is 0 Å². The van der Waals surface area contributed by atoms with Crippen LogP contribution >= 0.6 is 7.82 Å². The predicted octanol–water partition coefficient (Wildman–Crippen LogP) is -0.759.